The minimum atomic E-state index is -0.421. The lowest BCUT2D eigenvalue weighted by molar-refractivity contribution is -0.0693. The highest BCUT2D eigenvalue weighted by Crippen LogP contribution is 2.14. The molecule has 5 nitrogen and oxygen atoms in total. The van der Waals surface area contributed by atoms with Crippen LogP contribution in [0.1, 0.15) is 27.2 Å². The molecule has 1 aliphatic rings. The average Bonchev–Trinajstić information content (AvgIpc) is 2.39. The van der Waals surface area contributed by atoms with Crippen molar-refractivity contribution in [1.82, 2.24) is 9.80 Å². The van der Waals surface area contributed by atoms with Crippen molar-refractivity contribution >= 4 is 24.8 Å². The van der Waals surface area contributed by atoms with E-state index in [0.29, 0.717) is 13.2 Å². The van der Waals surface area contributed by atoms with Crippen molar-refractivity contribution in [2.45, 2.75) is 38.9 Å². The summed E-state index contributed by atoms with van der Waals surface area (Å²) in [5, 5.41) is 18.9. The Kier molecular flexibility index (Phi) is 13.4. The van der Waals surface area contributed by atoms with E-state index in [2.05, 4.69) is 16.7 Å². The van der Waals surface area contributed by atoms with Crippen LogP contribution in [0.5, 0.6) is 0 Å². The lowest BCUT2D eigenvalue weighted by Crippen LogP contribution is -2.49. The minimum absolute atomic E-state index is 0. The van der Waals surface area contributed by atoms with Gasteiger partial charge in [0.1, 0.15) is 0 Å². The van der Waals surface area contributed by atoms with E-state index in [9.17, 15) is 5.11 Å². The molecular weight excluding hydrogens is 315 g/mol. The molecule has 0 saturated carbocycles. The molecule has 0 radical (unpaired) electrons. The van der Waals surface area contributed by atoms with Gasteiger partial charge in [0.2, 0.25) is 0 Å². The third kappa shape index (κ3) is 9.89. The molecule has 1 heterocycles. The van der Waals surface area contributed by atoms with Crippen molar-refractivity contribution < 1.29 is 14.9 Å². The Morgan fingerprint density at radius 3 is 2.10 bits per heavy atom. The summed E-state index contributed by atoms with van der Waals surface area (Å²) in [5.74, 6) is 0. The summed E-state index contributed by atoms with van der Waals surface area (Å²) in [4.78, 5) is 4.51. The van der Waals surface area contributed by atoms with Crippen LogP contribution in [0.2, 0.25) is 0 Å². The fraction of sp³-hybridized carbons (Fsp3) is 1.00. The van der Waals surface area contributed by atoms with Crippen molar-refractivity contribution in [2.24, 2.45) is 0 Å². The molecule has 0 aromatic heterocycles. The molecule has 7 heteroatoms. The fourth-order valence-electron chi connectivity index (χ4n) is 2.11. The van der Waals surface area contributed by atoms with Gasteiger partial charge in [0.15, 0.2) is 0 Å². The SMILES string of the molecule is CCC(C)(C)OCC(O)CN1CCN(CCO)CC1.Cl.Cl. The summed E-state index contributed by atoms with van der Waals surface area (Å²) < 4.78 is 5.72. The van der Waals surface area contributed by atoms with E-state index in [4.69, 9.17) is 9.84 Å². The standard InChI is InChI=1S/C14H30N2O3.2ClH/c1-4-14(2,3)19-12-13(18)11-16-7-5-15(6-8-16)9-10-17;;/h13,17-18H,4-12H2,1-3H3;2*1H. The zero-order valence-corrected chi connectivity index (χ0v) is 15.1. The van der Waals surface area contributed by atoms with Gasteiger partial charge in [0.05, 0.1) is 24.9 Å². The third-order valence-corrected chi connectivity index (χ3v) is 3.87. The van der Waals surface area contributed by atoms with Gasteiger partial charge in [0, 0.05) is 39.3 Å². The van der Waals surface area contributed by atoms with E-state index in [0.717, 1.165) is 39.1 Å². The number of halogens is 2. The molecule has 0 spiro atoms. The van der Waals surface area contributed by atoms with Gasteiger partial charge < -0.3 is 14.9 Å². The second kappa shape index (κ2) is 11.9. The normalized spacial score (nSPS) is 18.7. The van der Waals surface area contributed by atoms with Gasteiger partial charge in [-0.15, -0.1) is 24.8 Å². The van der Waals surface area contributed by atoms with Crippen molar-refractivity contribution in [3.63, 3.8) is 0 Å². The average molecular weight is 347 g/mol. The number of ether oxygens (including phenoxy) is 1. The lowest BCUT2D eigenvalue weighted by Gasteiger charge is -2.35. The maximum absolute atomic E-state index is 10.0. The fourth-order valence-corrected chi connectivity index (χ4v) is 2.11. The second-order valence-electron chi connectivity index (χ2n) is 5.94. The predicted octanol–water partition coefficient (Wildman–Crippen LogP) is 1.01. The number of piperazine rings is 1. The van der Waals surface area contributed by atoms with Crippen LogP contribution in [0.25, 0.3) is 0 Å². The van der Waals surface area contributed by atoms with Crippen LogP contribution in [0.15, 0.2) is 0 Å². The van der Waals surface area contributed by atoms with Crippen LogP contribution in [0, 0.1) is 0 Å². The monoisotopic (exact) mass is 346 g/mol. The molecular formula is C14H32Cl2N2O3. The molecule has 1 saturated heterocycles. The summed E-state index contributed by atoms with van der Waals surface area (Å²) in [6.07, 6.45) is 0.523. The maximum atomic E-state index is 10.0. The summed E-state index contributed by atoms with van der Waals surface area (Å²) in [6.45, 7) is 12.1. The van der Waals surface area contributed by atoms with Crippen LogP contribution < -0.4 is 0 Å². The highest BCUT2D eigenvalue weighted by Gasteiger charge is 2.21. The zero-order valence-electron chi connectivity index (χ0n) is 13.5. The first-order chi connectivity index (χ1) is 8.96. The molecule has 1 atom stereocenters. The predicted molar refractivity (Wildman–Crippen MR) is 90.8 cm³/mol. The van der Waals surface area contributed by atoms with Gasteiger partial charge in [0.25, 0.3) is 0 Å². The molecule has 1 rings (SSSR count). The van der Waals surface area contributed by atoms with Crippen LogP contribution >= 0.6 is 24.8 Å². The number of aliphatic hydroxyl groups excluding tert-OH is 2. The van der Waals surface area contributed by atoms with Gasteiger partial charge in [-0.25, -0.2) is 0 Å². The molecule has 21 heavy (non-hydrogen) atoms. The maximum Gasteiger partial charge on any atom is 0.0900 e. The van der Waals surface area contributed by atoms with Crippen molar-refractivity contribution in [3.8, 4) is 0 Å². The topological polar surface area (TPSA) is 56.2 Å². The highest BCUT2D eigenvalue weighted by molar-refractivity contribution is 5.85. The van der Waals surface area contributed by atoms with Gasteiger partial charge in [-0.3, -0.25) is 9.80 Å². The number of rotatable bonds is 8. The van der Waals surface area contributed by atoms with Crippen molar-refractivity contribution in [2.75, 3.05) is 52.5 Å². The minimum Gasteiger partial charge on any atom is -0.395 e. The number of hydrogen-bond acceptors (Lipinski definition) is 5. The van der Waals surface area contributed by atoms with Crippen LogP contribution in [-0.2, 0) is 4.74 Å². The Morgan fingerprint density at radius 2 is 1.62 bits per heavy atom. The summed E-state index contributed by atoms with van der Waals surface area (Å²) in [6, 6.07) is 0. The lowest BCUT2D eigenvalue weighted by atomic mass is 10.1. The highest BCUT2D eigenvalue weighted by atomic mass is 35.5. The van der Waals surface area contributed by atoms with Crippen LogP contribution in [0.4, 0.5) is 0 Å². The molecule has 0 aromatic carbocycles. The number of nitrogens with zero attached hydrogens (tertiary/aromatic N) is 2. The molecule has 130 valence electrons. The van der Waals surface area contributed by atoms with Crippen LogP contribution in [0.3, 0.4) is 0 Å². The molecule has 2 N–H and O–H groups in total. The van der Waals surface area contributed by atoms with E-state index in [-0.39, 0.29) is 37.0 Å². The molecule has 0 aliphatic carbocycles. The second-order valence-corrected chi connectivity index (χ2v) is 5.94. The van der Waals surface area contributed by atoms with E-state index in [1.807, 2.05) is 13.8 Å². The Bertz CT molecular complexity index is 250. The molecule has 1 unspecified atom stereocenters. The van der Waals surface area contributed by atoms with Crippen LogP contribution in [-0.4, -0.2) is 84.2 Å². The van der Waals surface area contributed by atoms with E-state index < -0.39 is 6.10 Å². The Morgan fingerprint density at radius 1 is 1.10 bits per heavy atom. The Balaban J connectivity index is 0. The largest absolute Gasteiger partial charge is 0.395 e. The number of aliphatic hydroxyl groups is 2. The quantitative estimate of drug-likeness (QED) is 0.686. The summed E-state index contributed by atoms with van der Waals surface area (Å²) >= 11 is 0. The molecule has 1 aliphatic heterocycles. The summed E-state index contributed by atoms with van der Waals surface area (Å²) in [7, 11) is 0. The zero-order chi connectivity index (χ0) is 14.3. The third-order valence-electron chi connectivity index (χ3n) is 3.87. The van der Waals surface area contributed by atoms with Crippen molar-refractivity contribution in [1.29, 1.82) is 0 Å². The van der Waals surface area contributed by atoms with Gasteiger partial charge in [-0.1, -0.05) is 6.92 Å². The first-order valence-electron chi connectivity index (χ1n) is 7.34. The smallest absolute Gasteiger partial charge is 0.0900 e. The Labute approximate surface area is 141 Å². The first kappa shape index (κ1) is 23.6. The van der Waals surface area contributed by atoms with Crippen molar-refractivity contribution in [3.05, 3.63) is 0 Å². The van der Waals surface area contributed by atoms with E-state index in [1.165, 1.54) is 0 Å². The molecule has 0 amide bonds. The van der Waals surface area contributed by atoms with Gasteiger partial charge in [-0.2, -0.15) is 0 Å². The molecule has 1 fully saturated rings. The first-order valence-corrected chi connectivity index (χ1v) is 7.34. The van der Waals surface area contributed by atoms with Gasteiger partial charge in [-0.05, 0) is 20.3 Å². The summed E-state index contributed by atoms with van der Waals surface area (Å²) in [5.41, 5.74) is -0.152. The van der Waals surface area contributed by atoms with E-state index >= 15 is 0 Å². The number of β-amino-alcohol motifs (C(OH)–C–C–N with tert-alkyl or cyclic N) is 2. The number of hydrogen-bond donors (Lipinski definition) is 2. The van der Waals surface area contributed by atoms with E-state index in [1.54, 1.807) is 0 Å². The molecule has 0 aromatic rings. The Hall–Kier alpha value is 0.380. The van der Waals surface area contributed by atoms with Gasteiger partial charge >= 0.3 is 0 Å². The molecule has 0 bridgehead atoms.